The highest BCUT2D eigenvalue weighted by Gasteiger charge is 1.80. The molecule has 2 nitrogen and oxygen atoms in total. The van der Waals surface area contributed by atoms with E-state index in [-0.39, 0.29) is 0 Å². The van der Waals surface area contributed by atoms with Crippen molar-refractivity contribution in [1.29, 1.82) is 0 Å². The van der Waals surface area contributed by atoms with Crippen LogP contribution in [0, 0.1) is 0 Å². The standard InChI is InChI=1S/C8H12N2/c1-2-3-8-7(6-9)4-5-10-8/h3-6,10H,2,9H2,1H3/b7-6-,8-3+. The Morgan fingerprint density at radius 3 is 3.10 bits per heavy atom. The van der Waals surface area contributed by atoms with Gasteiger partial charge in [-0.05, 0) is 12.5 Å². The van der Waals surface area contributed by atoms with Crippen LogP contribution in [0.1, 0.15) is 13.3 Å². The van der Waals surface area contributed by atoms with Crippen molar-refractivity contribution in [3.8, 4) is 0 Å². The van der Waals surface area contributed by atoms with Crippen LogP contribution in [0.15, 0.2) is 12.3 Å². The number of aromatic nitrogens is 1. The zero-order valence-corrected chi connectivity index (χ0v) is 6.09. The minimum absolute atomic E-state index is 1.03. The Morgan fingerprint density at radius 1 is 1.70 bits per heavy atom. The van der Waals surface area contributed by atoms with Crippen molar-refractivity contribution in [3.63, 3.8) is 0 Å². The van der Waals surface area contributed by atoms with Crippen LogP contribution in [0.25, 0.3) is 12.3 Å². The Hall–Kier alpha value is -1.18. The Balaban J connectivity index is 3.28. The predicted octanol–water partition coefficient (Wildman–Crippen LogP) is -0.0981. The van der Waals surface area contributed by atoms with Crippen molar-refractivity contribution in [2.24, 2.45) is 5.73 Å². The summed E-state index contributed by atoms with van der Waals surface area (Å²) in [5.74, 6) is 0. The van der Waals surface area contributed by atoms with Crippen LogP contribution in [0.5, 0.6) is 0 Å². The molecule has 1 aromatic heterocycles. The number of hydrogen-bond acceptors (Lipinski definition) is 1. The number of nitrogens with two attached hydrogens (primary N) is 1. The lowest BCUT2D eigenvalue weighted by molar-refractivity contribution is 1.23. The summed E-state index contributed by atoms with van der Waals surface area (Å²) in [5, 5.41) is 2.19. The van der Waals surface area contributed by atoms with Gasteiger partial charge in [-0.25, -0.2) is 0 Å². The summed E-state index contributed by atoms with van der Waals surface area (Å²) in [5.41, 5.74) is 5.36. The quantitative estimate of drug-likeness (QED) is 0.556. The molecule has 0 aliphatic carbocycles. The van der Waals surface area contributed by atoms with Gasteiger partial charge in [0.2, 0.25) is 0 Å². The van der Waals surface area contributed by atoms with E-state index in [0.29, 0.717) is 0 Å². The molecule has 0 aliphatic heterocycles. The zero-order chi connectivity index (χ0) is 7.40. The molecule has 10 heavy (non-hydrogen) atoms. The fourth-order valence-electron chi connectivity index (χ4n) is 0.921. The molecule has 1 aromatic rings. The van der Waals surface area contributed by atoms with E-state index in [1.165, 1.54) is 0 Å². The molecule has 54 valence electrons. The third-order valence-electron chi connectivity index (χ3n) is 1.40. The molecule has 0 atom stereocenters. The Labute approximate surface area is 60.1 Å². The van der Waals surface area contributed by atoms with Crippen LogP contribution < -0.4 is 16.3 Å². The van der Waals surface area contributed by atoms with Crippen LogP contribution in [0.3, 0.4) is 0 Å². The first-order chi connectivity index (χ1) is 4.88. The van der Waals surface area contributed by atoms with Gasteiger partial charge in [0, 0.05) is 23.0 Å². The Kier molecular flexibility index (Phi) is 2.15. The Bertz CT molecular complexity index is 295. The molecule has 0 bridgehead atoms. The van der Waals surface area contributed by atoms with Gasteiger partial charge >= 0.3 is 0 Å². The highest BCUT2D eigenvalue weighted by molar-refractivity contribution is 5.25. The molecule has 0 saturated heterocycles. The van der Waals surface area contributed by atoms with Gasteiger partial charge in [0.15, 0.2) is 0 Å². The van der Waals surface area contributed by atoms with E-state index in [2.05, 4.69) is 18.0 Å². The van der Waals surface area contributed by atoms with Crippen molar-refractivity contribution in [1.82, 2.24) is 4.98 Å². The molecule has 0 aromatic carbocycles. The lowest BCUT2D eigenvalue weighted by Gasteiger charge is -1.77. The minimum Gasteiger partial charge on any atom is -0.404 e. The second-order valence-electron chi connectivity index (χ2n) is 2.13. The average Bonchev–Trinajstić information content (AvgIpc) is 2.36. The van der Waals surface area contributed by atoms with Gasteiger partial charge in [-0.15, -0.1) is 0 Å². The summed E-state index contributed by atoms with van der Waals surface area (Å²) in [6.07, 6.45) is 6.64. The maximum atomic E-state index is 5.36. The molecule has 0 radical (unpaired) electrons. The molecule has 0 unspecified atom stereocenters. The summed E-state index contributed by atoms with van der Waals surface area (Å²) in [7, 11) is 0. The van der Waals surface area contributed by atoms with E-state index in [1.807, 2.05) is 12.3 Å². The predicted molar refractivity (Wildman–Crippen MR) is 43.5 cm³/mol. The van der Waals surface area contributed by atoms with E-state index < -0.39 is 0 Å². The highest BCUT2D eigenvalue weighted by atomic mass is 14.6. The van der Waals surface area contributed by atoms with Gasteiger partial charge in [-0.1, -0.05) is 13.0 Å². The van der Waals surface area contributed by atoms with Crippen molar-refractivity contribution in [2.45, 2.75) is 13.3 Å². The third-order valence-corrected chi connectivity index (χ3v) is 1.40. The number of nitrogens with one attached hydrogen (secondary N) is 1. The monoisotopic (exact) mass is 136 g/mol. The lowest BCUT2D eigenvalue weighted by atomic mass is 10.4. The lowest BCUT2D eigenvalue weighted by Crippen LogP contribution is -2.23. The minimum atomic E-state index is 1.03. The molecular weight excluding hydrogens is 124 g/mol. The van der Waals surface area contributed by atoms with Gasteiger partial charge in [0.05, 0.1) is 0 Å². The molecule has 2 heteroatoms. The van der Waals surface area contributed by atoms with Crippen molar-refractivity contribution in [3.05, 3.63) is 22.8 Å². The summed E-state index contributed by atoms with van der Waals surface area (Å²) in [6.45, 7) is 2.10. The molecule has 1 heterocycles. The smallest absolute Gasteiger partial charge is 0.0427 e. The van der Waals surface area contributed by atoms with Gasteiger partial charge < -0.3 is 10.7 Å². The Morgan fingerprint density at radius 2 is 2.50 bits per heavy atom. The SMILES string of the molecule is CC/C=c1/[nH]cc/c1=C/N. The average molecular weight is 136 g/mol. The van der Waals surface area contributed by atoms with Crippen molar-refractivity contribution in [2.75, 3.05) is 0 Å². The fourth-order valence-corrected chi connectivity index (χ4v) is 0.921. The molecule has 0 spiro atoms. The van der Waals surface area contributed by atoms with E-state index in [9.17, 15) is 0 Å². The van der Waals surface area contributed by atoms with Gasteiger partial charge in [-0.3, -0.25) is 0 Å². The van der Waals surface area contributed by atoms with Gasteiger partial charge in [0.1, 0.15) is 0 Å². The van der Waals surface area contributed by atoms with Gasteiger partial charge in [0.25, 0.3) is 0 Å². The summed E-state index contributed by atoms with van der Waals surface area (Å²) in [6, 6.07) is 1.96. The third kappa shape index (κ3) is 1.21. The van der Waals surface area contributed by atoms with Gasteiger partial charge in [-0.2, -0.15) is 0 Å². The number of hydrogen-bond donors (Lipinski definition) is 2. The number of rotatable bonds is 1. The zero-order valence-electron chi connectivity index (χ0n) is 6.09. The van der Waals surface area contributed by atoms with Crippen LogP contribution in [0.4, 0.5) is 0 Å². The summed E-state index contributed by atoms with van der Waals surface area (Å²) in [4.78, 5) is 3.09. The van der Waals surface area contributed by atoms with Crippen LogP contribution in [-0.2, 0) is 0 Å². The first-order valence-electron chi connectivity index (χ1n) is 3.44. The summed E-state index contributed by atoms with van der Waals surface area (Å²) >= 11 is 0. The molecule has 0 saturated carbocycles. The first kappa shape index (κ1) is 6.93. The molecular formula is C8H12N2. The summed E-state index contributed by atoms with van der Waals surface area (Å²) < 4.78 is 0. The maximum absolute atomic E-state index is 5.36. The highest BCUT2D eigenvalue weighted by Crippen LogP contribution is 1.71. The molecule has 0 amide bonds. The topological polar surface area (TPSA) is 41.8 Å². The van der Waals surface area contributed by atoms with Crippen LogP contribution in [0.2, 0.25) is 0 Å². The maximum Gasteiger partial charge on any atom is 0.0427 e. The largest absolute Gasteiger partial charge is 0.404 e. The fraction of sp³-hybridized carbons (Fsp3) is 0.250. The van der Waals surface area contributed by atoms with E-state index >= 15 is 0 Å². The molecule has 3 N–H and O–H groups in total. The normalized spacial score (nSPS) is 14.5. The van der Waals surface area contributed by atoms with Crippen LogP contribution in [-0.4, -0.2) is 4.98 Å². The van der Waals surface area contributed by atoms with E-state index in [4.69, 9.17) is 5.73 Å². The van der Waals surface area contributed by atoms with E-state index in [1.54, 1.807) is 6.20 Å². The molecule has 1 rings (SSSR count). The molecule has 0 fully saturated rings. The molecule has 0 aliphatic rings. The van der Waals surface area contributed by atoms with Crippen molar-refractivity contribution >= 4 is 12.3 Å². The van der Waals surface area contributed by atoms with Crippen LogP contribution >= 0.6 is 0 Å². The number of H-pyrrole nitrogens is 1. The van der Waals surface area contributed by atoms with Crippen molar-refractivity contribution < 1.29 is 0 Å². The second kappa shape index (κ2) is 3.11. The number of aromatic amines is 1. The first-order valence-corrected chi connectivity index (χ1v) is 3.44. The van der Waals surface area contributed by atoms with E-state index in [0.717, 1.165) is 17.0 Å². The second-order valence-corrected chi connectivity index (χ2v) is 2.13.